The van der Waals surface area contributed by atoms with Crippen molar-refractivity contribution >= 4 is 33.4 Å². The molecule has 0 fully saturated rings. The number of carbonyl (C=O) groups excluding carboxylic acids is 2. The van der Waals surface area contributed by atoms with Crippen LogP contribution >= 0.6 is 15.9 Å². The Morgan fingerprint density at radius 2 is 1.85 bits per heavy atom. The van der Waals surface area contributed by atoms with Gasteiger partial charge in [0.1, 0.15) is 0 Å². The van der Waals surface area contributed by atoms with Crippen LogP contribution in [-0.2, 0) is 0 Å². The number of amides is 2. The number of nitrogens with one attached hydrogen (secondary N) is 2. The van der Waals surface area contributed by atoms with Gasteiger partial charge in [-0.3, -0.25) is 9.59 Å². The van der Waals surface area contributed by atoms with Crippen molar-refractivity contribution in [1.29, 1.82) is 0 Å². The van der Waals surface area contributed by atoms with Crippen molar-refractivity contribution in [3.05, 3.63) is 87.8 Å². The second-order valence-electron chi connectivity index (χ2n) is 6.21. The van der Waals surface area contributed by atoms with Crippen LogP contribution in [0.3, 0.4) is 0 Å². The third-order valence-electron chi connectivity index (χ3n) is 4.19. The topological polar surface area (TPSA) is 71.3 Å². The lowest BCUT2D eigenvalue weighted by Crippen LogP contribution is -2.26. The Morgan fingerprint density at radius 1 is 1.04 bits per heavy atom. The summed E-state index contributed by atoms with van der Waals surface area (Å²) < 4.78 is 6.06. The van der Waals surface area contributed by atoms with Crippen molar-refractivity contribution in [2.75, 3.05) is 5.32 Å². The van der Waals surface area contributed by atoms with Gasteiger partial charge in [-0.25, -0.2) is 0 Å². The van der Waals surface area contributed by atoms with E-state index in [1.54, 1.807) is 30.3 Å². The molecule has 138 valence electrons. The Hall–Kier alpha value is -2.86. The first-order valence-corrected chi connectivity index (χ1v) is 9.25. The predicted molar refractivity (Wildman–Crippen MR) is 108 cm³/mol. The molecule has 5 nitrogen and oxygen atoms in total. The SMILES string of the molecule is Cc1ccc(C(=O)NC(C)c2cccc(Br)c2)cc1NC(=O)c1ccco1. The second kappa shape index (κ2) is 8.22. The molecule has 1 heterocycles. The highest BCUT2D eigenvalue weighted by atomic mass is 79.9. The normalized spacial score (nSPS) is 11.7. The molecule has 6 heteroatoms. The molecule has 2 aromatic carbocycles. The molecule has 2 amide bonds. The lowest BCUT2D eigenvalue weighted by Gasteiger charge is -2.16. The van der Waals surface area contributed by atoms with Crippen LogP contribution in [0.2, 0.25) is 0 Å². The summed E-state index contributed by atoms with van der Waals surface area (Å²) >= 11 is 3.44. The maximum absolute atomic E-state index is 12.6. The van der Waals surface area contributed by atoms with Crippen molar-refractivity contribution in [2.24, 2.45) is 0 Å². The zero-order valence-electron chi connectivity index (χ0n) is 15.0. The van der Waals surface area contributed by atoms with E-state index in [-0.39, 0.29) is 23.6 Å². The van der Waals surface area contributed by atoms with Gasteiger partial charge in [-0.05, 0) is 61.4 Å². The minimum absolute atomic E-state index is 0.155. The van der Waals surface area contributed by atoms with Gasteiger partial charge in [0.05, 0.1) is 12.3 Å². The van der Waals surface area contributed by atoms with Crippen LogP contribution in [0.4, 0.5) is 5.69 Å². The molecule has 2 N–H and O–H groups in total. The molecule has 1 atom stereocenters. The van der Waals surface area contributed by atoms with E-state index < -0.39 is 0 Å². The quantitative estimate of drug-likeness (QED) is 0.596. The highest BCUT2D eigenvalue weighted by Crippen LogP contribution is 2.21. The molecular weight excluding hydrogens is 408 g/mol. The number of aryl methyl sites for hydroxylation is 1. The summed E-state index contributed by atoms with van der Waals surface area (Å²) in [6.07, 6.45) is 1.44. The van der Waals surface area contributed by atoms with E-state index in [9.17, 15) is 9.59 Å². The Kier molecular flexibility index (Phi) is 5.76. The van der Waals surface area contributed by atoms with Gasteiger partial charge in [0.25, 0.3) is 11.8 Å². The number of benzene rings is 2. The largest absolute Gasteiger partial charge is 0.459 e. The summed E-state index contributed by atoms with van der Waals surface area (Å²) in [6, 6.07) is 16.1. The van der Waals surface area contributed by atoms with Crippen LogP contribution in [0.5, 0.6) is 0 Å². The monoisotopic (exact) mass is 426 g/mol. The highest BCUT2D eigenvalue weighted by molar-refractivity contribution is 9.10. The van der Waals surface area contributed by atoms with Crippen molar-refractivity contribution in [3.63, 3.8) is 0 Å². The van der Waals surface area contributed by atoms with Crippen molar-refractivity contribution in [2.45, 2.75) is 19.9 Å². The Labute approximate surface area is 165 Å². The predicted octanol–water partition coefficient (Wildman–Crippen LogP) is 5.09. The van der Waals surface area contributed by atoms with Crippen LogP contribution in [-0.4, -0.2) is 11.8 Å². The van der Waals surface area contributed by atoms with Crippen LogP contribution < -0.4 is 10.6 Å². The molecule has 0 saturated heterocycles. The Morgan fingerprint density at radius 3 is 2.56 bits per heavy atom. The van der Waals surface area contributed by atoms with Gasteiger partial charge < -0.3 is 15.1 Å². The number of furan rings is 1. The van der Waals surface area contributed by atoms with E-state index in [0.29, 0.717) is 11.3 Å². The molecule has 1 unspecified atom stereocenters. The summed E-state index contributed by atoms with van der Waals surface area (Å²) in [5.41, 5.74) is 2.89. The summed E-state index contributed by atoms with van der Waals surface area (Å²) in [5.74, 6) is -0.355. The fraction of sp³-hybridized carbons (Fsp3) is 0.143. The molecule has 0 saturated carbocycles. The van der Waals surface area contributed by atoms with Crippen LogP contribution in [0, 0.1) is 6.92 Å². The minimum Gasteiger partial charge on any atom is -0.459 e. The molecule has 0 aliphatic carbocycles. The second-order valence-corrected chi connectivity index (χ2v) is 7.13. The molecule has 27 heavy (non-hydrogen) atoms. The van der Waals surface area contributed by atoms with E-state index in [0.717, 1.165) is 15.6 Å². The molecule has 3 rings (SSSR count). The number of anilines is 1. The maximum Gasteiger partial charge on any atom is 0.291 e. The smallest absolute Gasteiger partial charge is 0.291 e. The van der Waals surface area contributed by atoms with E-state index in [4.69, 9.17) is 4.42 Å². The zero-order valence-corrected chi connectivity index (χ0v) is 16.5. The van der Waals surface area contributed by atoms with Gasteiger partial charge in [0.15, 0.2) is 5.76 Å². The first-order chi connectivity index (χ1) is 12.9. The average molecular weight is 427 g/mol. The van der Waals surface area contributed by atoms with Gasteiger partial charge in [0, 0.05) is 15.7 Å². The fourth-order valence-electron chi connectivity index (χ4n) is 2.63. The summed E-state index contributed by atoms with van der Waals surface area (Å²) in [7, 11) is 0. The van der Waals surface area contributed by atoms with E-state index in [1.807, 2.05) is 38.1 Å². The summed E-state index contributed by atoms with van der Waals surface area (Å²) in [6.45, 7) is 3.79. The van der Waals surface area contributed by atoms with Gasteiger partial charge in [-0.1, -0.05) is 34.1 Å². The highest BCUT2D eigenvalue weighted by Gasteiger charge is 2.15. The number of halogens is 1. The number of rotatable bonds is 5. The van der Waals surface area contributed by atoms with E-state index in [2.05, 4.69) is 26.6 Å². The first-order valence-electron chi connectivity index (χ1n) is 8.46. The van der Waals surface area contributed by atoms with Crippen LogP contribution in [0.15, 0.2) is 69.8 Å². The maximum atomic E-state index is 12.6. The Bertz CT molecular complexity index is 967. The molecule has 0 spiro atoms. The number of hydrogen-bond acceptors (Lipinski definition) is 3. The minimum atomic E-state index is -0.358. The van der Waals surface area contributed by atoms with Gasteiger partial charge in [-0.15, -0.1) is 0 Å². The number of hydrogen-bond donors (Lipinski definition) is 2. The average Bonchev–Trinajstić information content (AvgIpc) is 3.18. The zero-order chi connectivity index (χ0) is 19.4. The van der Waals surface area contributed by atoms with Gasteiger partial charge in [0.2, 0.25) is 0 Å². The van der Waals surface area contributed by atoms with E-state index in [1.165, 1.54) is 6.26 Å². The standard InChI is InChI=1S/C21H19BrN2O3/c1-13-8-9-16(12-18(13)24-21(26)19-7-4-10-27-19)20(25)23-14(2)15-5-3-6-17(22)11-15/h3-12,14H,1-2H3,(H,23,25)(H,24,26). The van der Waals surface area contributed by atoms with E-state index >= 15 is 0 Å². The van der Waals surface area contributed by atoms with Crippen molar-refractivity contribution in [1.82, 2.24) is 5.32 Å². The molecule has 0 radical (unpaired) electrons. The molecule has 0 aliphatic heterocycles. The molecular formula is C21H19BrN2O3. The van der Waals surface area contributed by atoms with Crippen molar-refractivity contribution < 1.29 is 14.0 Å². The molecule has 0 aliphatic rings. The lowest BCUT2D eigenvalue weighted by atomic mass is 10.1. The third kappa shape index (κ3) is 4.65. The van der Waals surface area contributed by atoms with Crippen molar-refractivity contribution in [3.8, 4) is 0 Å². The first kappa shape index (κ1) is 18.9. The third-order valence-corrected chi connectivity index (χ3v) is 4.68. The fourth-order valence-corrected chi connectivity index (χ4v) is 3.05. The van der Waals surface area contributed by atoms with Crippen LogP contribution in [0.1, 0.15) is 45.0 Å². The van der Waals surface area contributed by atoms with Crippen LogP contribution in [0.25, 0.3) is 0 Å². The summed E-state index contributed by atoms with van der Waals surface area (Å²) in [4.78, 5) is 24.8. The van der Waals surface area contributed by atoms with Gasteiger partial charge >= 0.3 is 0 Å². The number of carbonyl (C=O) groups is 2. The molecule has 1 aromatic heterocycles. The molecule has 0 bridgehead atoms. The van der Waals surface area contributed by atoms with Gasteiger partial charge in [-0.2, -0.15) is 0 Å². The Balaban J connectivity index is 1.74. The summed E-state index contributed by atoms with van der Waals surface area (Å²) in [5, 5.41) is 5.76. The molecule has 3 aromatic rings. The lowest BCUT2D eigenvalue weighted by molar-refractivity contribution is 0.0938.